The average Bonchev–Trinajstić information content (AvgIpc) is 2.70. The minimum absolute atomic E-state index is 0.239. The van der Waals surface area contributed by atoms with Gasteiger partial charge in [-0.05, 0) is 73.1 Å². The maximum atomic E-state index is 13.3. The van der Waals surface area contributed by atoms with Crippen molar-refractivity contribution in [2.24, 2.45) is 0 Å². The molecule has 0 spiro atoms. The van der Waals surface area contributed by atoms with E-state index in [9.17, 15) is 4.79 Å². The molecule has 0 heterocycles. The lowest BCUT2D eigenvalue weighted by Crippen LogP contribution is -2.42. The number of alkyl halides is 1. The molecule has 0 aromatic heterocycles. The fourth-order valence-corrected chi connectivity index (χ4v) is 9.53. The van der Waals surface area contributed by atoms with Gasteiger partial charge in [-0.25, -0.2) is 4.79 Å². The van der Waals surface area contributed by atoms with Gasteiger partial charge in [0.2, 0.25) is 4.57 Å². The van der Waals surface area contributed by atoms with Gasteiger partial charge in [-0.2, -0.15) is 0 Å². The summed E-state index contributed by atoms with van der Waals surface area (Å²) in [5.41, 5.74) is -0.553. The van der Waals surface area contributed by atoms with E-state index in [1.54, 1.807) is 0 Å². The van der Waals surface area contributed by atoms with Crippen molar-refractivity contribution in [2.75, 3.05) is 0 Å². The minimum Gasteiger partial charge on any atom is -0.456 e. The maximum Gasteiger partial charge on any atom is 0.360 e. The molecule has 0 fully saturated rings. The predicted molar refractivity (Wildman–Crippen MR) is 124 cm³/mol. The Morgan fingerprint density at radius 2 is 1.07 bits per heavy atom. The fourth-order valence-electron chi connectivity index (χ4n) is 3.34. The number of halogens is 1. The second-order valence-electron chi connectivity index (χ2n) is 7.60. The van der Waals surface area contributed by atoms with Crippen LogP contribution >= 0.6 is 23.2 Å². The highest BCUT2D eigenvalue weighted by molar-refractivity contribution is 9.11. The van der Waals surface area contributed by atoms with E-state index in [4.69, 9.17) is 4.74 Å². The lowest BCUT2D eigenvalue weighted by Gasteiger charge is -2.32. The van der Waals surface area contributed by atoms with E-state index >= 15 is 0 Å². The molecule has 1 atom stereocenters. The third-order valence-electron chi connectivity index (χ3n) is 4.43. The normalized spacial score (nSPS) is 13.0. The molecule has 2 nitrogen and oxygen atoms in total. The molecule has 0 saturated heterocycles. The lowest BCUT2D eigenvalue weighted by molar-refractivity contribution is -0.152. The van der Waals surface area contributed by atoms with Crippen LogP contribution < -0.4 is 15.9 Å². The highest BCUT2D eigenvalue weighted by atomic mass is 79.9. The molecule has 0 aliphatic rings. The van der Waals surface area contributed by atoms with Crippen molar-refractivity contribution in [1.82, 2.24) is 0 Å². The number of carbonyl (C=O) groups is 1. The summed E-state index contributed by atoms with van der Waals surface area (Å²) in [7, 11) is -2.34. The summed E-state index contributed by atoms with van der Waals surface area (Å²) in [6, 6.07) is 30.9. The molecule has 3 aromatic rings. The molecule has 4 heteroatoms. The van der Waals surface area contributed by atoms with Crippen molar-refractivity contribution < 1.29 is 9.53 Å². The molecule has 0 radical (unpaired) electrons. The highest BCUT2D eigenvalue weighted by Gasteiger charge is 2.56. The van der Waals surface area contributed by atoms with Gasteiger partial charge in [0.05, 0.1) is 0 Å². The van der Waals surface area contributed by atoms with Crippen LogP contribution in [0.3, 0.4) is 0 Å². The van der Waals surface area contributed by atoms with Gasteiger partial charge in [0.1, 0.15) is 28.8 Å². The first-order chi connectivity index (χ1) is 13.4. The molecule has 28 heavy (non-hydrogen) atoms. The number of ether oxygens (including phenoxy) is 1. The number of esters is 1. The van der Waals surface area contributed by atoms with Gasteiger partial charge in [0.15, 0.2) is 0 Å². The van der Waals surface area contributed by atoms with Crippen LogP contribution in [0.5, 0.6) is 0 Å². The SMILES string of the molecule is CC(C)(C)OC(=O)C(Br)[P+](c1ccccc1)(c1ccccc1)c1ccccc1. The first-order valence-electron chi connectivity index (χ1n) is 9.28. The Hall–Kier alpha value is -1.96. The van der Waals surface area contributed by atoms with E-state index in [-0.39, 0.29) is 5.97 Å². The van der Waals surface area contributed by atoms with E-state index in [0.29, 0.717) is 0 Å². The fraction of sp³-hybridized carbons (Fsp3) is 0.208. The molecule has 0 amide bonds. The minimum atomic E-state index is -2.34. The topological polar surface area (TPSA) is 26.3 Å². The van der Waals surface area contributed by atoms with Crippen LogP contribution in [0.4, 0.5) is 0 Å². The van der Waals surface area contributed by atoms with Crippen LogP contribution in [0.2, 0.25) is 0 Å². The standard InChI is InChI=1S/C24H25BrO2P/c1-24(2,3)27-23(26)22(25)28(19-13-7-4-8-14-19,20-15-9-5-10-16-20)21-17-11-6-12-18-21/h4-18,22H,1-3H3/q+1. The maximum absolute atomic E-state index is 13.3. The molecule has 0 bridgehead atoms. The zero-order valence-corrected chi connectivity index (χ0v) is 18.9. The quantitative estimate of drug-likeness (QED) is 0.306. The van der Waals surface area contributed by atoms with Gasteiger partial charge in [-0.15, -0.1) is 0 Å². The predicted octanol–water partition coefficient (Wildman–Crippen LogP) is 5.04. The van der Waals surface area contributed by atoms with Crippen molar-refractivity contribution >= 4 is 45.1 Å². The Bertz CT molecular complexity index is 809. The van der Waals surface area contributed by atoms with Gasteiger partial charge >= 0.3 is 5.97 Å². The van der Waals surface area contributed by atoms with Crippen molar-refractivity contribution in [3.05, 3.63) is 91.0 Å². The van der Waals surface area contributed by atoms with Crippen LogP contribution in [-0.2, 0) is 9.53 Å². The Balaban J connectivity index is 2.30. The second kappa shape index (κ2) is 8.59. The Morgan fingerprint density at radius 3 is 1.36 bits per heavy atom. The van der Waals surface area contributed by atoms with Crippen LogP contribution in [-0.4, -0.2) is 16.1 Å². The van der Waals surface area contributed by atoms with Gasteiger partial charge in [-0.3, -0.25) is 0 Å². The zero-order valence-electron chi connectivity index (χ0n) is 16.4. The number of benzene rings is 3. The van der Waals surface area contributed by atoms with E-state index in [1.807, 2.05) is 75.4 Å². The molecule has 1 unspecified atom stereocenters. The molecule has 3 rings (SSSR count). The molecule has 144 valence electrons. The molecular weight excluding hydrogens is 431 g/mol. The molecule has 0 N–H and O–H groups in total. The number of rotatable bonds is 5. The van der Waals surface area contributed by atoms with E-state index in [1.165, 1.54) is 0 Å². The van der Waals surface area contributed by atoms with Gasteiger partial charge in [0.25, 0.3) is 0 Å². The van der Waals surface area contributed by atoms with Crippen molar-refractivity contribution in [1.29, 1.82) is 0 Å². The van der Waals surface area contributed by atoms with E-state index in [0.717, 1.165) is 15.9 Å². The van der Waals surface area contributed by atoms with Gasteiger partial charge < -0.3 is 4.74 Å². The van der Waals surface area contributed by atoms with Crippen LogP contribution in [0.25, 0.3) is 0 Å². The Morgan fingerprint density at radius 1 is 0.750 bits per heavy atom. The summed E-state index contributed by atoms with van der Waals surface area (Å²) < 4.78 is 5.32. The monoisotopic (exact) mass is 455 g/mol. The smallest absolute Gasteiger partial charge is 0.360 e. The third-order valence-corrected chi connectivity index (χ3v) is 10.9. The molecule has 3 aromatic carbocycles. The van der Waals surface area contributed by atoms with Gasteiger partial charge in [0, 0.05) is 0 Å². The van der Waals surface area contributed by atoms with Crippen LogP contribution in [0.1, 0.15) is 20.8 Å². The summed E-state index contributed by atoms with van der Waals surface area (Å²) in [5.74, 6) is -0.239. The summed E-state index contributed by atoms with van der Waals surface area (Å²) in [6.07, 6.45) is 0. The number of hydrogen-bond donors (Lipinski definition) is 0. The number of carbonyl (C=O) groups excluding carboxylic acids is 1. The summed E-state index contributed by atoms with van der Waals surface area (Å²) in [5, 5.41) is 3.42. The Kier molecular flexibility index (Phi) is 6.37. The summed E-state index contributed by atoms with van der Waals surface area (Å²) in [4.78, 5) is 13.3. The van der Waals surface area contributed by atoms with Crippen LogP contribution in [0.15, 0.2) is 91.0 Å². The average molecular weight is 456 g/mol. The molecule has 0 saturated carbocycles. The van der Waals surface area contributed by atoms with Crippen molar-refractivity contribution in [2.45, 2.75) is 30.9 Å². The van der Waals surface area contributed by atoms with Gasteiger partial charge in [-0.1, -0.05) is 54.6 Å². The molecule has 0 aliphatic carbocycles. The van der Waals surface area contributed by atoms with Crippen LogP contribution in [0, 0.1) is 0 Å². The van der Waals surface area contributed by atoms with Crippen molar-refractivity contribution in [3.8, 4) is 0 Å². The van der Waals surface area contributed by atoms with E-state index in [2.05, 4.69) is 52.3 Å². The largest absolute Gasteiger partial charge is 0.456 e. The summed E-state index contributed by atoms with van der Waals surface area (Å²) >= 11 is 3.80. The third kappa shape index (κ3) is 4.21. The number of hydrogen-bond acceptors (Lipinski definition) is 2. The highest BCUT2D eigenvalue weighted by Crippen LogP contribution is 2.62. The first kappa shape index (κ1) is 20.8. The molecular formula is C24H25BrO2P+. The first-order valence-corrected chi connectivity index (χ1v) is 12.1. The lowest BCUT2D eigenvalue weighted by atomic mass is 10.2. The second-order valence-corrected chi connectivity index (χ2v) is 12.7. The van der Waals surface area contributed by atoms with E-state index < -0.39 is 17.4 Å². The summed E-state index contributed by atoms with van der Waals surface area (Å²) in [6.45, 7) is 5.70. The molecule has 0 aliphatic heterocycles. The Labute approximate surface area is 176 Å². The zero-order chi connectivity index (χ0) is 20.2. The van der Waals surface area contributed by atoms with Crippen molar-refractivity contribution in [3.63, 3.8) is 0 Å².